The van der Waals surface area contributed by atoms with Crippen LogP contribution in [0.15, 0.2) is 29.6 Å². The molecule has 0 unspecified atom stereocenters. The van der Waals surface area contributed by atoms with E-state index in [1.807, 2.05) is 31.2 Å². The van der Waals surface area contributed by atoms with Crippen LogP contribution in [-0.4, -0.2) is 60.0 Å². The molecule has 2 heterocycles. The second-order valence-corrected chi connectivity index (χ2v) is 9.35. The molecule has 0 radical (unpaired) electrons. The van der Waals surface area contributed by atoms with Gasteiger partial charge in [0, 0.05) is 37.0 Å². The van der Waals surface area contributed by atoms with Crippen LogP contribution in [0.5, 0.6) is 5.75 Å². The standard InChI is InChI=1S/C22H32N4O2S/c1-5-28-18-9-7-6-8-17(18)23-20(27)14-25-10-12-26(13-11-25)15-21-24-19(16-29-21)22(2,3)4/h6-9,16H,5,10-15H2,1-4H3,(H,23,27). The molecule has 0 atom stereocenters. The number of amides is 1. The summed E-state index contributed by atoms with van der Waals surface area (Å²) >= 11 is 1.75. The average Bonchev–Trinajstić information content (AvgIpc) is 3.14. The number of aromatic nitrogens is 1. The summed E-state index contributed by atoms with van der Waals surface area (Å²) in [6, 6.07) is 7.57. The van der Waals surface area contributed by atoms with Gasteiger partial charge < -0.3 is 10.1 Å². The number of nitrogens with one attached hydrogen (secondary N) is 1. The average molecular weight is 417 g/mol. The van der Waals surface area contributed by atoms with Gasteiger partial charge in [-0.1, -0.05) is 32.9 Å². The fourth-order valence-electron chi connectivity index (χ4n) is 3.27. The molecule has 0 saturated carbocycles. The van der Waals surface area contributed by atoms with Crippen molar-refractivity contribution >= 4 is 22.9 Å². The predicted octanol–water partition coefficient (Wildman–Crippen LogP) is 3.60. The molecule has 1 aromatic heterocycles. The lowest BCUT2D eigenvalue weighted by atomic mass is 9.93. The lowest BCUT2D eigenvalue weighted by Crippen LogP contribution is -2.48. The Balaban J connectivity index is 1.45. The zero-order valence-electron chi connectivity index (χ0n) is 17.9. The van der Waals surface area contributed by atoms with E-state index >= 15 is 0 Å². The Labute approximate surface area is 177 Å². The van der Waals surface area contributed by atoms with Gasteiger partial charge in [-0.3, -0.25) is 14.6 Å². The first-order valence-electron chi connectivity index (χ1n) is 10.3. The minimum absolute atomic E-state index is 0.000320. The number of ether oxygens (including phenoxy) is 1. The monoisotopic (exact) mass is 416 g/mol. The highest BCUT2D eigenvalue weighted by molar-refractivity contribution is 7.09. The van der Waals surface area contributed by atoms with E-state index in [1.54, 1.807) is 11.3 Å². The van der Waals surface area contributed by atoms with Gasteiger partial charge in [-0.25, -0.2) is 4.98 Å². The van der Waals surface area contributed by atoms with Crippen LogP contribution >= 0.6 is 11.3 Å². The minimum atomic E-state index is 0.000320. The molecule has 3 rings (SSSR count). The van der Waals surface area contributed by atoms with E-state index in [9.17, 15) is 4.79 Å². The van der Waals surface area contributed by atoms with Crippen LogP contribution in [0.4, 0.5) is 5.69 Å². The van der Waals surface area contributed by atoms with Gasteiger partial charge >= 0.3 is 0 Å². The van der Waals surface area contributed by atoms with Crippen molar-refractivity contribution in [1.29, 1.82) is 0 Å². The first-order valence-corrected chi connectivity index (χ1v) is 11.1. The molecule has 0 bridgehead atoms. The van der Waals surface area contributed by atoms with Crippen molar-refractivity contribution in [1.82, 2.24) is 14.8 Å². The molecule has 1 fully saturated rings. The van der Waals surface area contributed by atoms with Crippen molar-refractivity contribution in [3.05, 3.63) is 40.3 Å². The van der Waals surface area contributed by atoms with Crippen LogP contribution in [0.3, 0.4) is 0 Å². The Bertz CT molecular complexity index is 807. The predicted molar refractivity (Wildman–Crippen MR) is 119 cm³/mol. The number of anilines is 1. The topological polar surface area (TPSA) is 57.7 Å². The van der Waals surface area contributed by atoms with E-state index in [2.05, 4.69) is 41.3 Å². The number of hydrogen-bond acceptors (Lipinski definition) is 6. The smallest absolute Gasteiger partial charge is 0.238 e. The number of carbonyl (C=O) groups is 1. The maximum Gasteiger partial charge on any atom is 0.238 e. The second kappa shape index (κ2) is 9.69. The van der Waals surface area contributed by atoms with E-state index in [-0.39, 0.29) is 11.3 Å². The molecular formula is C22H32N4O2S. The molecule has 2 aromatic rings. The number of carbonyl (C=O) groups excluding carboxylic acids is 1. The first-order chi connectivity index (χ1) is 13.8. The highest BCUT2D eigenvalue weighted by Gasteiger charge is 2.22. The van der Waals surface area contributed by atoms with Crippen molar-refractivity contribution < 1.29 is 9.53 Å². The molecule has 1 saturated heterocycles. The molecule has 1 aliphatic rings. The van der Waals surface area contributed by atoms with E-state index < -0.39 is 0 Å². The van der Waals surface area contributed by atoms with Gasteiger partial charge in [-0.2, -0.15) is 0 Å². The fourth-order valence-corrected chi connectivity index (χ4v) is 4.33. The first kappa shape index (κ1) is 21.7. The Morgan fingerprint density at radius 1 is 1.17 bits per heavy atom. The molecule has 0 aliphatic carbocycles. The van der Waals surface area contributed by atoms with Crippen LogP contribution in [0.25, 0.3) is 0 Å². The van der Waals surface area contributed by atoms with Gasteiger partial charge in [-0.15, -0.1) is 11.3 Å². The molecule has 158 valence electrons. The van der Waals surface area contributed by atoms with Gasteiger partial charge in [0.15, 0.2) is 0 Å². The molecule has 1 aromatic carbocycles. The zero-order chi connectivity index (χ0) is 20.9. The molecular weight excluding hydrogens is 384 g/mol. The minimum Gasteiger partial charge on any atom is -0.492 e. The summed E-state index contributed by atoms with van der Waals surface area (Å²) in [7, 11) is 0. The normalized spacial score (nSPS) is 16.0. The maximum absolute atomic E-state index is 12.5. The van der Waals surface area contributed by atoms with E-state index in [4.69, 9.17) is 9.72 Å². The third-order valence-corrected chi connectivity index (χ3v) is 5.81. The zero-order valence-corrected chi connectivity index (χ0v) is 18.7. The summed E-state index contributed by atoms with van der Waals surface area (Å²) in [5, 5.41) is 6.33. The molecule has 1 N–H and O–H groups in total. The maximum atomic E-state index is 12.5. The van der Waals surface area contributed by atoms with Crippen LogP contribution in [0.1, 0.15) is 38.4 Å². The second-order valence-electron chi connectivity index (χ2n) is 8.41. The Kier molecular flexibility index (Phi) is 7.27. The number of para-hydroxylation sites is 2. The summed E-state index contributed by atoms with van der Waals surface area (Å²) in [5.74, 6) is 0.714. The van der Waals surface area contributed by atoms with Crippen molar-refractivity contribution in [2.75, 3.05) is 44.6 Å². The van der Waals surface area contributed by atoms with Crippen LogP contribution < -0.4 is 10.1 Å². The van der Waals surface area contributed by atoms with Gasteiger partial charge in [0.25, 0.3) is 0 Å². The van der Waals surface area contributed by atoms with Crippen LogP contribution in [-0.2, 0) is 16.8 Å². The highest BCUT2D eigenvalue weighted by atomic mass is 32.1. The molecule has 1 aliphatic heterocycles. The van der Waals surface area contributed by atoms with E-state index in [1.165, 1.54) is 10.7 Å². The fraction of sp³-hybridized carbons (Fsp3) is 0.545. The summed E-state index contributed by atoms with van der Waals surface area (Å²) in [5.41, 5.74) is 2.00. The lowest BCUT2D eigenvalue weighted by molar-refractivity contribution is -0.117. The molecule has 7 heteroatoms. The summed E-state index contributed by atoms with van der Waals surface area (Å²) in [4.78, 5) is 21.9. The van der Waals surface area contributed by atoms with E-state index in [0.717, 1.165) is 38.4 Å². The Morgan fingerprint density at radius 2 is 1.86 bits per heavy atom. The molecule has 0 spiro atoms. The van der Waals surface area contributed by atoms with Gasteiger partial charge in [0.2, 0.25) is 5.91 Å². The number of hydrogen-bond donors (Lipinski definition) is 1. The van der Waals surface area contributed by atoms with Gasteiger partial charge in [0.1, 0.15) is 10.8 Å². The number of benzene rings is 1. The molecule has 6 nitrogen and oxygen atoms in total. The van der Waals surface area contributed by atoms with Crippen molar-refractivity contribution in [3.8, 4) is 5.75 Å². The summed E-state index contributed by atoms with van der Waals surface area (Å²) in [6.07, 6.45) is 0. The van der Waals surface area contributed by atoms with Crippen molar-refractivity contribution in [2.45, 2.75) is 39.7 Å². The molecule has 29 heavy (non-hydrogen) atoms. The Morgan fingerprint density at radius 3 is 2.52 bits per heavy atom. The van der Waals surface area contributed by atoms with Gasteiger partial charge in [-0.05, 0) is 19.1 Å². The largest absolute Gasteiger partial charge is 0.492 e. The summed E-state index contributed by atoms with van der Waals surface area (Å²) < 4.78 is 5.58. The third-order valence-electron chi connectivity index (χ3n) is 4.97. The molecule has 1 amide bonds. The van der Waals surface area contributed by atoms with E-state index in [0.29, 0.717) is 18.9 Å². The highest BCUT2D eigenvalue weighted by Crippen LogP contribution is 2.25. The lowest BCUT2D eigenvalue weighted by Gasteiger charge is -2.33. The number of nitrogens with zero attached hydrogens (tertiary/aromatic N) is 3. The summed E-state index contributed by atoms with van der Waals surface area (Å²) in [6.45, 7) is 14.1. The Hall–Kier alpha value is -1.96. The third kappa shape index (κ3) is 6.26. The van der Waals surface area contributed by atoms with Crippen molar-refractivity contribution in [3.63, 3.8) is 0 Å². The van der Waals surface area contributed by atoms with Crippen molar-refractivity contribution in [2.24, 2.45) is 0 Å². The number of thiazole rings is 1. The van der Waals surface area contributed by atoms with Crippen LogP contribution in [0.2, 0.25) is 0 Å². The van der Waals surface area contributed by atoms with Crippen LogP contribution in [0, 0.1) is 0 Å². The number of piperazine rings is 1. The number of rotatable bonds is 7. The quantitative estimate of drug-likeness (QED) is 0.747. The SMILES string of the molecule is CCOc1ccccc1NC(=O)CN1CCN(Cc2nc(C(C)(C)C)cs2)CC1. The van der Waals surface area contributed by atoms with Gasteiger partial charge in [0.05, 0.1) is 31.1 Å².